The molecule has 0 saturated heterocycles. The molecule has 0 fully saturated rings. The summed E-state index contributed by atoms with van der Waals surface area (Å²) < 4.78 is 12.5. The Morgan fingerprint density at radius 3 is 2.38 bits per heavy atom. The second-order valence-electron chi connectivity index (χ2n) is 7.38. The fraction of sp³-hybridized carbons (Fsp3) is 0.565. The van der Waals surface area contributed by atoms with Gasteiger partial charge in [0.15, 0.2) is 5.75 Å². The fourth-order valence-electron chi connectivity index (χ4n) is 3.35. The number of carbonyl (C=O) groups excluding carboxylic acids is 1. The van der Waals surface area contributed by atoms with E-state index in [-0.39, 0.29) is 11.5 Å². The molecule has 160 valence electrons. The van der Waals surface area contributed by atoms with Gasteiger partial charge in [-0.05, 0) is 25.0 Å². The number of carbonyl (C=O) groups is 1. The number of fused-ring (bicyclic) bond motifs is 1. The van der Waals surface area contributed by atoms with E-state index in [0.717, 1.165) is 38.5 Å². The number of nitrogens with zero attached hydrogens (tertiary/aromatic N) is 1. The average molecular weight is 404 g/mol. The van der Waals surface area contributed by atoms with Gasteiger partial charge in [-0.1, -0.05) is 52.4 Å². The normalized spacial score (nSPS) is 11.0. The number of aryl methyl sites for hydroxylation is 1. The van der Waals surface area contributed by atoms with Gasteiger partial charge in [0.1, 0.15) is 5.75 Å². The summed E-state index contributed by atoms with van der Waals surface area (Å²) in [5.74, 6) is -0.593. The average Bonchev–Trinajstić information content (AvgIpc) is 2.70. The molecule has 0 aliphatic rings. The van der Waals surface area contributed by atoms with Crippen molar-refractivity contribution in [2.24, 2.45) is 0 Å². The van der Waals surface area contributed by atoms with Crippen LogP contribution in [0, 0.1) is 0 Å². The summed E-state index contributed by atoms with van der Waals surface area (Å²) in [7, 11) is 0. The van der Waals surface area contributed by atoms with Gasteiger partial charge in [0.05, 0.1) is 12.1 Å². The van der Waals surface area contributed by atoms with E-state index >= 15 is 0 Å². The minimum Gasteiger partial charge on any atom is -0.504 e. The number of benzene rings is 1. The third-order valence-corrected chi connectivity index (χ3v) is 4.92. The molecule has 2 rings (SSSR count). The molecule has 1 N–H and O–H groups in total. The number of ether oxygens (including phenoxy) is 2. The van der Waals surface area contributed by atoms with Crippen molar-refractivity contribution in [1.29, 1.82) is 0 Å². The highest BCUT2D eigenvalue weighted by Crippen LogP contribution is 2.33. The number of hydrogen-bond donors (Lipinski definition) is 1. The summed E-state index contributed by atoms with van der Waals surface area (Å²) in [5, 5.41) is 11.0. The van der Waals surface area contributed by atoms with Crippen LogP contribution in [-0.4, -0.2) is 22.2 Å². The Kier molecular flexibility index (Phi) is 9.03. The topological polar surface area (TPSA) is 77.8 Å². The third kappa shape index (κ3) is 6.24. The number of hydrogen-bond acceptors (Lipinski definition) is 5. The van der Waals surface area contributed by atoms with Crippen LogP contribution in [0.5, 0.6) is 17.2 Å². The van der Waals surface area contributed by atoms with Gasteiger partial charge in [0.25, 0.3) is 5.56 Å². The number of esters is 1. The van der Waals surface area contributed by atoms with Crippen molar-refractivity contribution >= 4 is 16.9 Å². The van der Waals surface area contributed by atoms with Crippen molar-refractivity contribution in [3.8, 4) is 17.2 Å². The molecule has 0 radical (unpaired) electrons. The van der Waals surface area contributed by atoms with E-state index < -0.39 is 11.5 Å². The van der Waals surface area contributed by atoms with Crippen LogP contribution in [0.4, 0.5) is 0 Å². The van der Waals surface area contributed by atoms with Gasteiger partial charge < -0.3 is 19.1 Å². The molecule has 0 saturated carbocycles. The Balaban J connectivity index is 2.37. The summed E-state index contributed by atoms with van der Waals surface area (Å²) in [6.45, 7) is 6.61. The van der Waals surface area contributed by atoms with Crippen LogP contribution >= 0.6 is 0 Å². The zero-order chi connectivity index (χ0) is 21.2. The van der Waals surface area contributed by atoms with Gasteiger partial charge in [-0.2, -0.15) is 0 Å². The number of aromatic nitrogens is 1. The largest absolute Gasteiger partial charge is 0.504 e. The van der Waals surface area contributed by atoms with E-state index in [1.54, 1.807) is 22.8 Å². The molecule has 0 spiro atoms. The van der Waals surface area contributed by atoms with E-state index in [9.17, 15) is 14.7 Å². The molecular weight excluding hydrogens is 370 g/mol. The molecule has 0 bridgehead atoms. The summed E-state index contributed by atoms with van der Waals surface area (Å²) in [6.07, 6.45) is 8.48. The quantitative estimate of drug-likeness (QED) is 0.391. The molecule has 6 nitrogen and oxygen atoms in total. The van der Waals surface area contributed by atoms with Crippen LogP contribution in [0.3, 0.4) is 0 Å². The maximum atomic E-state index is 12.9. The van der Waals surface area contributed by atoms with Crippen LogP contribution in [0.25, 0.3) is 10.9 Å². The number of aromatic hydroxyl groups is 1. The van der Waals surface area contributed by atoms with Crippen molar-refractivity contribution in [2.75, 3.05) is 6.61 Å². The van der Waals surface area contributed by atoms with Crippen LogP contribution in [0.2, 0.25) is 0 Å². The lowest BCUT2D eigenvalue weighted by molar-refractivity contribution is -0.132. The monoisotopic (exact) mass is 403 g/mol. The standard InChI is InChI=1S/C23H33NO5/c1-4-6-8-10-14-24-20-16-18(28-15-11-9-7-5-2)12-13-19(20)21(26)22(23(24)27)29-17(3)25/h12-13,16,26H,4-11,14-15H2,1-3H3. The molecule has 0 atom stereocenters. The molecule has 6 heteroatoms. The summed E-state index contributed by atoms with van der Waals surface area (Å²) in [4.78, 5) is 24.3. The first-order valence-electron chi connectivity index (χ1n) is 10.7. The van der Waals surface area contributed by atoms with Crippen LogP contribution in [-0.2, 0) is 11.3 Å². The molecule has 1 heterocycles. The minimum absolute atomic E-state index is 0.306. The van der Waals surface area contributed by atoms with Gasteiger partial charge in [0, 0.05) is 24.9 Å². The Labute approximate surface area is 172 Å². The lowest BCUT2D eigenvalue weighted by atomic mass is 10.1. The molecule has 0 amide bonds. The van der Waals surface area contributed by atoms with Gasteiger partial charge in [-0.15, -0.1) is 0 Å². The number of unbranched alkanes of at least 4 members (excludes halogenated alkanes) is 6. The third-order valence-electron chi connectivity index (χ3n) is 4.92. The maximum absolute atomic E-state index is 12.9. The van der Waals surface area contributed by atoms with E-state index in [0.29, 0.717) is 29.8 Å². The van der Waals surface area contributed by atoms with Gasteiger partial charge in [0.2, 0.25) is 5.75 Å². The summed E-state index contributed by atoms with van der Waals surface area (Å²) in [6, 6.07) is 5.26. The molecule has 1 aromatic carbocycles. The maximum Gasteiger partial charge on any atom is 0.308 e. The molecule has 1 aromatic heterocycles. The van der Waals surface area contributed by atoms with Crippen LogP contribution in [0.15, 0.2) is 23.0 Å². The molecular formula is C23H33NO5. The Morgan fingerprint density at radius 2 is 1.72 bits per heavy atom. The molecule has 0 unspecified atom stereocenters. The van der Waals surface area contributed by atoms with E-state index in [2.05, 4.69) is 13.8 Å². The predicted molar refractivity (Wildman–Crippen MR) is 115 cm³/mol. The fourth-order valence-corrected chi connectivity index (χ4v) is 3.35. The minimum atomic E-state index is -0.638. The number of pyridine rings is 1. The molecule has 2 aromatic rings. The molecule has 29 heavy (non-hydrogen) atoms. The Bertz CT molecular complexity index is 872. The van der Waals surface area contributed by atoms with Crippen molar-refractivity contribution in [3.05, 3.63) is 28.6 Å². The summed E-state index contributed by atoms with van der Waals surface area (Å²) >= 11 is 0. The van der Waals surface area contributed by atoms with E-state index in [1.165, 1.54) is 19.8 Å². The first-order chi connectivity index (χ1) is 14.0. The molecule has 0 aliphatic carbocycles. The van der Waals surface area contributed by atoms with Crippen molar-refractivity contribution in [3.63, 3.8) is 0 Å². The first kappa shape index (κ1) is 22.8. The first-order valence-corrected chi connectivity index (χ1v) is 10.7. The van der Waals surface area contributed by atoms with Crippen molar-refractivity contribution < 1.29 is 19.4 Å². The highest BCUT2D eigenvalue weighted by Gasteiger charge is 2.19. The van der Waals surface area contributed by atoms with Crippen molar-refractivity contribution in [1.82, 2.24) is 4.57 Å². The Morgan fingerprint density at radius 1 is 1.03 bits per heavy atom. The van der Waals surface area contributed by atoms with Gasteiger partial charge >= 0.3 is 5.97 Å². The highest BCUT2D eigenvalue weighted by atomic mass is 16.5. The highest BCUT2D eigenvalue weighted by molar-refractivity contribution is 5.89. The second kappa shape index (κ2) is 11.5. The Hall–Kier alpha value is -2.50. The van der Waals surface area contributed by atoms with Gasteiger partial charge in [-0.3, -0.25) is 9.59 Å². The predicted octanol–water partition coefficient (Wildman–Crippen LogP) is 5.17. The smallest absolute Gasteiger partial charge is 0.308 e. The zero-order valence-electron chi connectivity index (χ0n) is 17.8. The number of rotatable bonds is 12. The lowest BCUT2D eigenvalue weighted by Crippen LogP contribution is -2.24. The second-order valence-corrected chi connectivity index (χ2v) is 7.38. The molecule has 0 aliphatic heterocycles. The van der Waals surface area contributed by atoms with E-state index in [4.69, 9.17) is 9.47 Å². The van der Waals surface area contributed by atoms with Crippen LogP contribution < -0.4 is 15.0 Å². The van der Waals surface area contributed by atoms with Crippen molar-refractivity contribution in [2.45, 2.75) is 78.7 Å². The summed E-state index contributed by atoms with van der Waals surface area (Å²) in [5.41, 5.74) is 0.0905. The van der Waals surface area contributed by atoms with Gasteiger partial charge in [-0.25, -0.2) is 0 Å². The zero-order valence-corrected chi connectivity index (χ0v) is 17.8. The lowest BCUT2D eigenvalue weighted by Gasteiger charge is -2.16. The van der Waals surface area contributed by atoms with Crippen LogP contribution in [0.1, 0.15) is 72.1 Å². The SMILES string of the molecule is CCCCCCOc1ccc2c(O)c(OC(C)=O)c(=O)n(CCCCCC)c2c1. The van der Waals surface area contributed by atoms with E-state index in [1.807, 2.05) is 0 Å².